The van der Waals surface area contributed by atoms with E-state index >= 15 is 0 Å². The first-order chi connectivity index (χ1) is 13.0. The highest BCUT2D eigenvalue weighted by Gasteiger charge is 2.56. The van der Waals surface area contributed by atoms with Crippen LogP contribution in [0.25, 0.3) is 11.2 Å². The third-order valence-electron chi connectivity index (χ3n) is 4.41. The van der Waals surface area contributed by atoms with E-state index in [2.05, 4.69) is 9.97 Å². The molecule has 0 radical (unpaired) electrons. The molecular formula is C14H17F4N5O5. The number of nitrogens with two attached hydrogens (primary N) is 1. The molecule has 1 aliphatic heterocycles. The van der Waals surface area contributed by atoms with Gasteiger partial charge in [0.15, 0.2) is 29.7 Å². The number of rotatable bonds is 4. The average molecular weight is 411 g/mol. The fourth-order valence-electron chi connectivity index (χ4n) is 3.18. The van der Waals surface area contributed by atoms with Crippen molar-refractivity contribution in [1.82, 2.24) is 19.1 Å². The number of nitrogens with zero attached hydrogens (tertiary/aromatic N) is 3. The van der Waals surface area contributed by atoms with Gasteiger partial charge in [-0.1, -0.05) is 6.92 Å². The molecule has 1 aliphatic rings. The summed E-state index contributed by atoms with van der Waals surface area (Å²) in [4.78, 5) is 30.9. The van der Waals surface area contributed by atoms with Crippen LogP contribution < -0.4 is 17.0 Å². The first-order valence-corrected chi connectivity index (χ1v) is 8.22. The number of hydrogen-bond acceptors (Lipinski definition) is 7. The monoisotopic (exact) mass is 411 g/mol. The summed E-state index contributed by atoms with van der Waals surface area (Å²) in [6.07, 6.45) is -17.4. The van der Waals surface area contributed by atoms with Crippen LogP contribution in [-0.4, -0.2) is 60.0 Å². The molecule has 1 unspecified atom stereocenters. The second-order valence-corrected chi connectivity index (χ2v) is 6.34. The zero-order valence-electron chi connectivity index (χ0n) is 14.4. The Hall–Kier alpha value is -2.45. The van der Waals surface area contributed by atoms with Crippen molar-refractivity contribution in [3.05, 3.63) is 20.8 Å². The zero-order chi connectivity index (χ0) is 21.0. The lowest BCUT2D eigenvalue weighted by atomic mass is 10.1. The number of hydrogen-bond donors (Lipinski definition) is 4. The maximum absolute atomic E-state index is 14.3. The summed E-state index contributed by atoms with van der Waals surface area (Å²) in [5, 5.41) is 19.4. The van der Waals surface area contributed by atoms with E-state index in [9.17, 15) is 37.4 Å². The van der Waals surface area contributed by atoms with Crippen LogP contribution in [0.1, 0.15) is 19.6 Å². The maximum Gasteiger partial charge on any atom is 0.417 e. The fraction of sp³-hybridized carbons (Fsp3) is 0.643. The number of aliphatic hydroxyl groups excluding tert-OH is 2. The van der Waals surface area contributed by atoms with Crippen LogP contribution in [0.4, 0.5) is 23.5 Å². The molecule has 14 heteroatoms. The summed E-state index contributed by atoms with van der Waals surface area (Å²) >= 11 is 0. The molecular weight excluding hydrogens is 394 g/mol. The predicted octanol–water partition coefficient (Wildman–Crippen LogP) is -0.602. The summed E-state index contributed by atoms with van der Waals surface area (Å²) in [7, 11) is 0. The van der Waals surface area contributed by atoms with Gasteiger partial charge in [-0.15, -0.1) is 0 Å². The van der Waals surface area contributed by atoms with Crippen LogP contribution in [0.2, 0.25) is 0 Å². The number of anilines is 1. The highest BCUT2D eigenvalue weighted by Crippen LogP contribution is 2.37. The minimum atomic E-state index is -5.22. The van der Waals surface area contributed by atoms with Gasteiger partial charge in [-0.3, -0.25) is 14.3 Å². The van der Waals surface area contributed by atoms with E-state index in [0.717, 1.165) is 4.57 Å². The van der Waals surface area contributed by atoms with Crippen molar-refractivity contribution in [1.29, 1.82) is 0 Å². The topological polar surface area (TPSA) is 148 Å². The van der Waals surface area contributed by atoms with E-state index in [0.29, 0.717) is 11.0 Å². The van der Waals surface area contributed by atoms with Gasteiger partial charge in [0, 0.05) is 6.54 Å². The van der Waals surface area contributed by atoms with Crippen molar-refractivity contribution in [2.75, 3.05) is 5.73 Å². The average Bonchev–Trinajstić information content (AvgIpc) is 3.02. The summed E-state index contributed by atoms with van der Waals surface area (Å²) in [5.74, 6) is -0.406. The normalized spacial score (nSPS) is 26.8. The van der Waals surface area contributed by atoms with Gasteiger partial charge in [-0.05, 0) is 6.42 Å². The molecule has 0 saturated carbocycles. The standard InChI is InChI=1S/C14H17F4N5O5/c1-2-3-22-5-9(20-12(19)21-10(5)26)23(13(22)27)11-6(24)4(15)7(28-11)8(25)14(16,17)18/h4,6-8,11,24-25H,2-3H2,1H3,(H3,19,20,21,26)/t4-,6-,7+,8?,11-/m1/s1. The molecule has 3 rings (SSSR count). The number of nitrogen functional groups attached to an aromatic ring is 1. The van der Waals surface area contributed by atoms with E-state index in [1.807, 2.05) is 0 Å². The lowest BCUT2D eigenvalue weighted by Crippen LogP contribution is -2.44. The third kappa shape index (κ3) is 3.06. The number of ether oxygens (including phenoxy) is 1. The number of alkyl halides is 4. The van der Waals surface area contributed by atoms with E-state index in [4.69, 9.17) is 10.5 Å². The number of H-pyrrole nitrogens is 1. The highest BCUT2D eigenvalue weighted by molar-refractivity contribution is 5.71. The summed E-state index contributed by atoms with van der Waals surface area (Å²) in [6.45, 7) is 1.73. The molecule has 1 saturated heterocycles. The molecule has 3 heterocycles. The quantitative estimate of drug-likeness (QED) is 0.491. The second-order valence-electron chi connectivity index (χ2n) is 6.34. The van der Waals surface area contributed by atoms with Crippen LogP contribution in [0.3, 0.4) is 0 Å². The summed E-state index contributed by atoms with van der Waals surface area (Å²) in [6, 6.07) is 0. The van der Waals surface area contributed by atoms with Crippen LogP contribution >= 0.6 is 0 Å². The van der Waals surface area contributed by atoms with Crippen molar-refractivity contribution >= 4 is 17.1 Å². The third-order valence-corrected chi connectivity index (χ3v) is 4.41. The van der Waals surface area contributed by atoms with Crippen molar-refractivity contribution in [2.24, 2.45) is 0 Å². The van der Waals surface area contributed by atoms with Gasteiger partial charge >= 0.3 is 11.9 Å². The smallest absolute Gasteiger partial charge is 0.385 e. The van der Waals surface area contributed by atoms with E-state index in [1.54, 1.807) is 6.92 Å². The van der Waals surface area contributed by atoms with Crippen LogP contribution in [0.15, 0.2) is 9.59 Å². The number of aliphatic hydroxyl groups is 2. The van der Waals surface area contributed by atoms with Gasteiger partial charge < -0.3 is 20.7 Å². The SMILES string of the molecule is CCCn1c(=O)n([C@@H]2O[C@H](C(O)C(F)(F)F)[C@H](F)[C@H]2O)c2nc(N)[nH]c(=O)c21. The first kappa shape index (κ1) is 20.3. The van der Waals surface area contributed by atoms with Gasteiger partial charge in [0.1, 0.15) is 12.2 Å². The van der Waals surface area contributed by atoms with Gasteiger partial charge in [0.25, 0.3) is 5.56 Å². The molecule has 2 aromatic rings. The molecule has 28 heavy (non-hydrogen) atoms. The van der Waals surface area contributed by atoms with Crippen LogP contribution in [0.5, 0.6) is 0 Å². The van der Waals surface area contributed by atoms with Gasteiger partial charge in [-0.2, -0.15) is 18.2 Å². The molecule has 2 aromatic heterocycles. The Bertz CT molecular complexity index is 999. The molecule has 0 amide bonds. The number of aryl methyl sites for hydroxylation is 1. The zero-order valence-corrected chi connectivity index (χ0v) is 14.4. The van der Waals surface area contributed by atoms with Crippen molar-refractivity contribution in [2.45, 2.75) is 56.8 Å². The van der Waals surface area contributed by atoms with Gasteiger partial charge in [-0.25, -0.2) is 13.8 Å². The van der Waals surface area contributed by atoms with E-state index < -0.39 is 59.7 Å². The largest absolute Gasteiger partial charge is 0.417 e. The van der Waals surface area contributed by atoms with Gasteiger partial charge in [0.05, 0.1) is 0 Å². The van der Waals surface area contributed by atoms with E-state index in [1.165, 1.54) is 0 Å². The minimum absolute atomic E-state index is 0.0352. The molecule has 0 aliphatic carbocycles. The minimum Gasteiger partial charge on any atom is -0.385 e. The van der Waals surface area contributed by atoms with Crippen molar-refractivity contribution < 1.29 is 32.5 Å². The maximum atomic E-state index is 14.3. The molecule has 1 fully saturated rings. The number of aromatic amines is 1. The molecule has 0 bridgehead atoms. The predicted molar refractivity (Wildman–Crippen MR) is 86.2 cm³/mol. The summed E-state index contributed by atoms with van der Waals surface area (Å²) in [5.41, 5.74) is 3.05. The molecule has 5 atom stereocenters. The Kier molecular flexibility index (Phi) is 4.97. The Morgan fingerprint density at radius 2 is 2.04 bits per heavy atom. The molecule has 0 aromatic carbocycles. The van der Waals surface area contributed by atoms with E-state index in [-0.39, 0.29) is 12.1 Å². The van der Waals surface area contributed by atoms with Crippen LogP contribution in [0, 0.1) is 0 Å². The fourth-order valence-corrected chi connectivity index (χ4v) is 3.18. The Labute approximate surface area is 153 Å². The lowest BCUT2D eigenvalue weighted by molar-refractivity contribution is -0.241. The second kappa shape index (κ2) is 6.86. The Balaban J connectivity index is 2.18. The van der Waals surface area contributed by atoms with Crippen molar-refractivity contribution in [3.8, 4) is 0 Å². The summed E-state index contributed by atoms with van der Waals surface area (Å²) < 4.78 is 58.9. The first-order valence-electron chi connectivity index (χ1n) is 8.22. The number of aromatic nitrogens is 4. The Morgan fingerprint density at radius 3 is 2.61 bits per heavy atom. The molecule has 5 N–H and O–H groups in total. The number of fused-ring (bicyclic) bond motifs is 1. The lowest BCUT2D eigenvalue weighted by Gasteiger charge is -2.22. The Morgan fingerprint density at radius 1 is 1.39 bits per heavy atom. The molecule has 156 valence electrons. The number of nitrogens with one attached hydrogen (secondary N) is 1. The molecule has 10 nitrogen and oxygen atoms in total. The van der Waals surface area contributed by atoms with Gasteiger partial charge in [0.2, 0.25) is 5.95 Å². The number of imidazole rings is 1. The highest BCUT2D eigenvalue weighted by atomic mass is 19.4. The van der Waals surface area contributed by atoms with Crippen LogP contribution in [-0.2, 0) is 11.3 Å². The van der Waals surface area contributed by atoms with Crippen molar-refractivity contribution in [3.63, 3.8) is 0 Å². The molecule has 0 spiro atoms. The number of halogens is 4.